The van der Waals surface area contributed by atoms with Gasteiger partial charge in [-0.25, -0.2) is 12.8 Å². The summed E-state index contributed by atoms with van der Waals surface area (Å²) < 4.78 is 53.9. The molecular formula is C30H41FN2O7S. The lowest BCUT2D eigenvalue weighted by Gasteiger charge is -2.34. The lowest BCUT2D eigenvalue weighted by molar-refractivity contribution is -0.137. The Morgan fingerprint density at radius 2 is 1.78 bits per heavy atom. The number of hydrogen-bond acceptors (Lipinski definition) is 8. The average molecular weight is 593 g/mol. The van der Waals surface area contributed by atoms with Crippen molar-refractivity contribution in [1.29, 1.82) is 0 Å². The number of rotatable bonds is 14. The second-order valence-corrected chi connectivity index (χ2v) is 11.8. The normalized spacial score (nSPS) is 21.4. The smallest absolute Gasteiger partial charge is 0.305 e. The van der Waals surface area contributed by atoms with Crippen LogP contribution in [0.1, 0.15) is 46.0 Å². The largest absolute Gasteiger partial charge is 0.494 e. The second-order valence-electron chi connectivity index (χ2n) is 10.7. The highest BCUT2D eigenvalue weighted by molar-refractivity contribution is 7.72. The fourth-order valence-electron chi connectivity index (χ4n) is 5.70. The molecule has 2 heterocycles. The number of halogens is 1. The maximum absolute atomic E-state index is 14.5. The molecular weight excluding hydrogens is 551 g/mol. The van der Waals surface area contributed by atoms with Crippen LogP contribution in [0.15, 0.2) is 42.5 Å². The summed E-state index contributed by atoms with van der Waals surface area (Å²) in [6.45, 7) is 6.80. The van der Waals surface area contributed by atoms with E-state index >= 15 is 0 Å². The molecule has 2 fully saturated rings. The Labute approximate surface area is 243 Å². The molecule has 0 radical (unpaired) electrons. The number of piperidine rings is 1. The van der Waals surface area contributed by atoms with Crippen LogP contribution in [0, 0.1) is 11.7 Å². The van der Waals surface area contributed by atoms with Gasteiger partial charge in [0.1, 0.15) is 34.1 Å². The highest BCUT2D eigenvalue weighted by Crippen LogP contribution is 2.35. The summed E-state index contributed by atoms with van der Waals surface area (Å²) in [6.07, 6.45) is 2.60. The zero-order valence-corrected chi connectivity index (χ0v) is 24.6. The van der Waals surface area contributed by atoms with E-state index in [1.165, 1.54) is 6.07 Å². The second kappa shape index (κ2) is 14.7. The summed E-state index contributed by atoms with van der Waals surface area (Å²) in [5.74, 6) is 0.438. The predicted octanol–water partition coefficient (Wildman–Crippen LogP) is 4.35. The molecule has 4 rings (SSSR count). The number of anilines is 2. The molecule has 0 amide bonds. The van der Waals surface area contributed by atoms with Crippen LogP contribution in [0.3, 0.4) is 0 Å². The third kappa shape index (κ3) is 8.48. The first-order chi connectivity index (χ1) is 19.7. The van der Waals surface area contributed by atoms with Gasteiger partial charge < -0.3 is 29.1 Å². The van der Waals surface area contributed by atoms with E-state index in [1.54, 1.807) is 12.1 Å². The Balaban J connectivity index is 1.32. The molecule has 41 heavy (non-hydrogen) atoms. The zero-order chi connectivity index (χ0) is 29.4. The minimum atomic E-state index is -2.37. The molecule has 2 aromatic rings. The molecule has 1 N–H and O–H groups in total. The molecule has 2 saturated heterocycles. The highest BCUT2D eigenvalue weighted by atomic mass is 32.2. The molecule has 3 atom stereocenters. The Bertz CT molecular complexity index is 1210. The van der Waals surface area contributed by atoms with Crippen LogP contribution in [0.5, 0.6) is 11.5 Å². The highest BCUT2D eigenvalue weighted by Gasteiger charge is 2.40. The number of hydrogen-bond donors (Lipinski definition) is 2. The number of carboxylic acid groups (broad SMARTS) is 1. The van der Waals surface area contributed by atoms with E-state index in [0.29, 0.717) is 57.1 Å². The van der Waals surface area contributed by atoms with E-state index < -0.39 is 16.7 Å². The van der Waals surface area contributed by atoms with Crippen molar-refractivity contribution in [1.82, 2.24) is 0 Å². The summed E-state index contributed by atoms with van der Waals surface area (Å²) >= 11 is 0. The maximum Gasteiger partial charge on any atom is 0.305 e. The van der Waals surface area contributed by atoms with Crippen LogP contribution in [0.25, 0.3) is 0 Å². The van der Waals surface area contributed by atoms with Gasteiger partial charge in [0.15, 0.2) is 0 Å². The topological polar surface area (TPSA) is 106 Å². The quantitative estimate of drug-likeness (QED) is 0.245. The van der Waals surface area contributed by atoms with Crippen LogP contribution >= 0.6 is 0 Å². The summed E-state index contributed by atoms with van der Waals surface area (Å²) in [7, 11) is -2.37. The number of carboxylic acids is 1. The van der Waals surface area contributed by atoms with E-state index in [2.05, 4.69) is 4.90 Å². The number of aliphatic carboxylic acids is 1. The van der Waals surface area contributed by atoms with E-state index in [4.69, 9.17) is 14.2 Å². The first-order valence-corrected chi connectivity index (χ1v) is 15.8. The van der Waals surface area contributed by atoms with Gasteiger partial charge in [-0.05, 0) is 56.2 Å². The van der Waals surface area contributed by atoms with E-state index in [1.807, 2.05) is 43.0 Å². The number of carbonyl (C=O) groups is 1. The lowest BCUT2D eigenvalue weighted by Crippen LogP contribution is -2.38. The molecule has 2 aromatic carbocycles. The van der Waals surface area contributed by atoms with Crippen molar-refractivity contribution < 1.29 is 36.9 Å². The Kier molecular flexibility index (Phi) is 11.1. The minimum absolute atomic E-state index is 0.00224. The van der Waals surface area contributed by atoms with Gasteiger partial charge in [-0.2, -0.15) is 0 Å². The molecule has 226 valence electrons. The first kappa shape index (κ1) is 30.9. The van der Waals surface area contributed by atoms with Crippen LogP contribution in [-0.4, -0.2) is 76.3 Å². The number of benzene rings is 2. The third-order valence-electron chi connectivity index (χ3n) is 7.90. The number of thiol groups is 1. The Morgan fingerprint density at radius 1 is 1.07 bits per heavy atom. The molecule has 0 spiro atoms. The molecule has 0 unspecified atom stereocenters. The zero-order valence-electron chi connectivity index (χ0n) is 23.7. The fourth-order valence-corrected chi connectivity index (χ4v) is 6.18. The van der Waals surface area contributed by atoms with Gasteiger partial charge in [0.05, 0.1) is 24.8 Å². The van der Waals surface area contributed by atoms with Gasteiger partial charge in [0, 0.05) is 68.5 Å². The van der Waals surface area contributed by atoms with Crippen molar-refractivity contribution in [3.05, 3.63) is 48.3 Å². The van der Waals surface area contributed by atoms with Gasteiger partial charge in [-0.3, -0.25) is 4.79 Å². The van der Waals surface area contributed by atoms with Crippen molar-refractivity contribution in [3.8, 4) is 11.5 Å². The van der Waals surface area contributed by atoms with Gasteiger partial charge >= 0.3 is 5.97 Å². The van der Waals surface area contributed by atoms with Gasteiger partial charge in [0.25, 0.3) is 0 Å². The van der Waals surface area contributed by atoms with Crippen LogP contribution in [0.4, 0.5) is 15.8 Å². The molecule has 0 saturated carbocycles. The number of unbranched alkanes of at least 4 members (excludes halogenated alkanes) is 1. The molecule has 9 nitrogen and oxygen atoms in total. The molecule has 0 bridgehead atoms. The summed E-state index contributed by atoms with van der Waals surface area (Å²) in [6, 6.07) is 12.4. The Hall–Kier alpha value is -3.05. The minimum Gasteiger partial charge on any atom is -0.494 e. The van der Waals surface area contributed by atoms with Gasteiger partial charge in [-0.15, -0.1) is 0 Å². The number of nitrogens with zero attached hydrogens (tertiary/aromatic N) is 2. The molecule has 2 aliphatic rings. The SMILES string of the molecule is CCOc1ccc(F)c(N2CCC(Oc3ccc(N4C[C@H](OCCCC[SH](=O)=O)[C@@H](C)[C@@H]4CC(=O)O)cc3)CC2)c1. The molecule has 2 aliphatic heterocycles. The van der Waals surface area contributed by atoms with Crippen molar-refractivity contribution in [2.75, 3.05) is 48.4 Å². The summed E-state index contributed by atoms with van der Waals surface area (Å²) in [5.41, 5.74) is 1.46. The van der Waals surface area contributed by atoms with Crippen molar-refractivity contribution in [2.45, 2.75) is 64.2 Å². The van der Waals surface area contributed by atoms with Crippen molar-refractivity contribution >= 4 is 28.0 Å². The van der Waals surface area contributed by atoms with Gasteiger partial charge in [0.2, 0.25) is 0 Å². The average Bonchev–Trinajstić information content (AvgIpc) is 3.24. The van der Waals surface area contributed by atoms with Gasteiger partial charge in [-0.1, -0.05) is 6.92 Å². The summed E-state index contributed by atoms with van der Waals surface area (Å²) in [5, 5.41) is 9.54. The van der Waals surface area contributed by atoms with E-state index in [9.17, 15) is 22.7 Å². The van der Waals surface area contributed by atoms with Crippen molar-refractivity contribution in [3.63, 3.8) is 0 Å². The van der Waals surface area contributed by atoms with Crippen LogP contribution < -0.4 is 19.3 Å². The monoisotopic (exact) mass is 592 g/mol. The van der Waals surface area contributed by atoms with E-state index in [-0.39, 0.29) is 42.2 Å². The van der Waals surface area contributed by atoms with Crippen molar-refractivity contribution in [2.24, 2.45) is 5.92 Å². The van der Waals surface area contributed by atoms with Crippen LogP contribution in [-0.2, 0) is 20.2 Å². The molecule has 11 heteroatoms. The van der Waals surface area contributed by atoms with E-state index in [0.717, 1.165) is 24.3 Å². The Morgan fingerprint density at radius 3 is 2.44 bits per heavy atom. The predicted molar refractivity (Wildman–Crippen MR) is 157 cm³/mol. The first-order valence-electron chi connectivity index (χ1n) is 14.4. The maximum atomic E-state index is 14.5. The van der Waals surface area contributed by atoms with Crippen LogP contribution in [0.2, 0.25) is 0 Å². The fraction of sp³-hybridized carbons (Fsp3) is 0.567. The molecule has 0 aliphatic carbocycles. The number of ether oxygens (including phenoxy) is 3. The molecule has 0 aromatic heterocycles. The standard InChI is InChI=1S/C30H41FN2O7S/c1-3-38-25-10-11-26(31)28(18-25)32-14-12-24(13-15-32)40-23-8-6-22(7-9-23)33-20-29(21(2)27(33)19-30(34)35)39-16-4-5-17-41(36)37/h6-11,18,21,24,27,29,41H,3-5,12-17,19-20H2,1-2H3,(H,34,35)/t21-,27-,29-/m0/s1. The lowest BCUT2D eigenvalue weighted by atomic mass is 9.97. The third-order valence-corrected chi connectivity index (χ3v) is 8.58. The summed E-state index contributed by atoms with van der Waals surface area (Å²) in [4.78, 5) is 15.7.